The first kappa shape index (κ1) is 11.4. The van der Waals surface area contributed by atoms with Crippen LogP contribution in [0, 0.1) is 5.92 Å². The maximum atomic E-state index is 11.3. The first-order valence-electron chi connectivity index (χ1n) is 5.80. The van der Waals surface area contributed by atoms with Crippen molar-refractivity contribution in [2.75, 3.05) is 31.1 Å². The molecular formula is C10H20N2O2S. The molecule has 88 valence electrons. The normalized spacial score (nSPS) is 31.9. The van der Waals surface area contributed by atoms with Gasteiger partial charge in [0, 0.05) is 6.04 Å². The highest BCUT2D eigenvalue weighted by atomic mass is 32.2. The highest BCUT2D eigenvalue weighted by molar-refractivity contribution is 7.91. The van der Waals surface area contributed by atoms with Crippen LogP contribution in [0.4, 0.5) is 0 Å². The molecule has 0 aromatic heterocycles. The molecule has 0 amide bonds. The van der Waals surface area contributed by atoms with Gasteiger partial charge >= 0.3 is 0 Å². The molecule has 15 heavy (non-hydrogen) atoms. The second-order valence-corrected chi connectivity index (χ2v) is 6.93. The lowest BCUT2D eigenvalue weighted by molar-refractivity contribution is 0.365. The number of sulfone groups is 1. The Bertz CT molecular complexity index is 297. The maximum absolute atomic E-state index is 11.3. The van der Waals surface area contributed by atoms with Crippen molar-refractivity contribution in [2.45, 2.75) is 25.3 Å². The van der Waals surface area contributed by atoms with Crippen LogP contribution < -0.4 is 10.6 Å². The van der Waals surface area contributed by atoms with Crippen molar-refractivity contribution in [2.24, 2.45) is 5.92 Å². The molecule has 1 atom stereocenters. The third kappa shape index (κ3) is 3.43. The molecule has 0 aromatic carbocycles. The number of hydrogen-bond donors (Lipinski definition) is 2. The zero-order chi connectivity index (χ0) is 10.7. The zero-order valence-corrected chi connectivity index (χ0v) is 9.85. The predicted molar refractivity (Wildman–Crippen MR) is 60.7 cm³/mol. The third-order valence-corrected chi connectivity index (χ3v) is 5.20. The van der Waals surface area contributed by atoms with E-state index in [1.54, 1.807) is 0 Å². The van der Waals surface area contributed by atoms with E-state index in [4.69, 9.17) is 0 Å². The molecule has 0 bridgehead atoms. The quantitative estimate of drug-likeness (QED) is 0.705. The van der Waals surface area contributed by atoms with E-state index in [0.717, 1.165) is 26.1 Å². The van der Waals surface area contributed by atoms with Gasteiger partial charge in [0.2, 0.25) is 0 Å². The minimum atomic E-state index is -2.70. The molecule has 5 heteroatoms. The van der Waals surface area contributed by atoms with Crippen LogP contribution in [0.1, 0.15) is 19.3 Å². The molecule has 0 spiro atoms. The second-order valence-electron chi connectivity index (χ2n) is 4.70. The van der Waals surface area contributed by atoms with Crippen LogP contribution in [0.3, 0.4) is 0 Å². The molecule has 1 unspecified atom stereocenters. The average Bonchev–Trinajstić information content (AvgIpc) is 2.57. The Balaban J connectivity index is 1.70. The predicted octanol–water partition coefficient (Wildman–Crippen LogP) is -0.237. The molecule has 0 aromatic rings. The van der Waals surface area contributed by atoms with Gasteiger partial charge in [-0.3, -0.25) is 0 Å². The topological polar surface area (TPSA) is 58.2 Å². The van der Waals surface area contributed by atoms with Gasteiger partial charge in [-0.1, -0.05) is 0 Å². The fourth-order valence-electron chi connectivity index (χ4n) is 2.39. The molecule has 2 heterocycles. The Morgan fingerprint density at radius 1 is 1.20 bits per heavy atom. The van der Waals surface area contributed by atoms with E-state index in [-0.39, 0.29) is 0 Å². The minimum Gasteiger partial charge on any atom is -0.317 e. The molecule has 0 radical (unpaired) electrons. The van der Waals surface area contributed by atoms with Crippen molar-refractivity contribution < 1.29 is 8.42 Å². The standard InChI is InChI=1S/C10H20N2O2S/c13-15(14)6-3-9(8-15)7-12-10-1-4-11-5-2-10/h9-12H,1-8H2. The molecule has 2 aliphatic heterocycles. The van der Waals surface area contributed by atoms with E-state index in [1.165, 1.54) is 12.8 Å². The number of rotatable bonds is 3. The Kier molecular flexibility index (Phi) is 3.64. The van der Waals surface area contributed by atoms with E-state index in [9.17, 15) is 8.42 Å². The van der Waals surface area contributed by atoms with E-state index < -0.39 is 9.84 Å². The van der Waals surface area contributed by atoms with Crippen LogP contribution in [0.25, 0.3) is 0 Å². The van der Waals surface area contributed by atoms with Crippen LogP contribution in [0.15, 0.2) is 0 Å². The van der Waals surface area contributed by atoms with Gasteiger partial charge in [-0.25, -0.2) is 8.42 Å². The summed E-state index contributed by atoms with van der Waals surface area (Å²) in [5.41, 5.74) is 0. The number of hydrogen-bond acceptors (Lipinski definition) is 4. The van der Waals surface area contributed by atoms with Crippen LogP contribution in [0.5, 0.6) is 0 Å². The second kappa shape index (κ2) is 4.80. The van der Waals surface area contributed by atoms with E-state index in [1.807, 2.05) is 0 Å². The van der Waals surface area contributed by atoms with Gasteiger partial charge in [0.15, 0.2) is 9.84 Å². The first-order valence-corrected chi connectivity index (χ1v) is 7.62. The van der Waals surface area contributed by atoms with Crippen molar-refractivity contribution >= 4 is 9.84 Å². The van der Waals surface area contributed by atoms with Crippen LogP contribution in [0.2, 0.25) is 0 Å². The lowest BCUT2D eigenvalue weighted by Crippen LogP contribution is -2.41. The molecule has 0 saturated carbocycles. The van der Waals surface area contributed by atoms with Gasteiger partial charge in [-0.15, -0.1) is 0 Å². The Morgan fingerprint density at radius 3 is 2.53 bits per heavy atom. The highest BCUT2D eigenvalue weighted by Gasteiger charge is 2.28. The van der Waals surface area contributed by atoms with Gasteiger partial charge in [-0.05, 0) is 44.8 Å². The third-order valence-electron chi connectivity index (χ3n) is 3.36. The minimum absolute atomic E-state index is 0.352. The molecule has 2 fully saturated rings. The van der Waals surface area contributed by atoms with Crippen LogP contribution >= 0.6 is 0 Å². The van der Waals surface area contributed by atoms with Crippen molar-refractivity contribution in [1.82, 2.24) is 10.6 Å². The van der Waals surface area contributed by atoms with Crippen molar-refractivity contribution in [1.29, 1.82) is 0 Å². The van der Waals surface area contributed by atoms with Gasteiger partial charge in [0.25, 0.3) is 0 Å². The van der Waals surface area contributed by atoms with Crippen molar-refractivity contribution in [3.8, 4) is 0 Å². The smallest absolute Gasteiger partial charge is 0.150 e. The molecular weight excluding hydrogens is 212 g/mol. The van der Waals surface area contributed by atoms with E-state index in [2.05, 4.69) is 10.6 Å². The van der Waals surface area contributed by atoms with Crippen molar-refractivity contribution in [3.05, 3.63) is 0 Å². The molecule has 2 saturated heterocycles. The SMILES string of the molecule is O=S1(=O)CCC(CNC2CCNCC2)C1. The molecule has 2 N–H and O–H groups in total. The van der Waals surface area contributed by atoms with E-state index >= 15 is 0 Å². The van der Waals surface area contributed by atoms with Gasteiger partial charge in [-0.2, -0.15) is 0 Å². The summed E-state index contributed by atoms with van der Waals surface area (Å²) in [5, 5.41) is 6.82. The summed E-state index contributed by atoms with van der Waals surface area (Å²) in [6.07, 6.45) is 3.18. The monoisotopic (exact) mass is 232 g/mol. The van der Waals surface area contributed by atoms with Crippen molar-refractivity contribution in [3.63, 3.8) is 0 Å². The Hall–Kier alpha value is -0.130. The largest absolute Gasteiger partial charge is 0.317 e. The Morgan fingerprint density at radius 2 is 1.93 bits per heavy atom. The van der Waals surface area contributed by atoms with Gasteiger partial charge < -0.3 is 10.6 Å². The highest BCUT2D eigenvalue weighted by Crippen LogP contribution is 2.17. The number of nitrogens with one attached hydrogen (secondary N) is 2. The number of piperidine rings is 1. The summed E-state index contributed by atoms with van der Waals surface area (Å²) < 4.78 is 22.5. The summed E-state index contributed by atoms with van der Waals surface area (Å²) in [7, 11) is -2.70. The fourth-order valence-corrected chi connectivity index (χ4v) is 4.25. The summed E-state index contributed by atoms with van der Waals surface area (Å²) in [6, 6.07) is 0.592. The summed E-state index contributed by atoms with van der Waals surface area (Å²) in [4.78, 5) is 0. The van der Waals surface area contributed by atoms with Crippen LogP contribution in [-0.4, -0.2) is 45.6 Å². The van der Waals surface area contributed by atoms with Gasteiger partial charge in [0.05, 0.1) is 11.5 Å². The lowest BCUT2D eigenvalue weighted by atomic mass is 10.0. The summed E-state index contributed by atoms with van der Waals surface area (Å²) >= 11 is 0. The fraction of sp³-hybridized carbons (Fsp3) is 1.00. The molecule has 2 aliphatic rings. The maximum Gasteiger partial charge on any atom is 0.150 e. The molecule has 0 aliphatic carbocycles. The summed E-state index contributed by atoms with van der Waals surface area (Å²) in [5.74, 6) is 1.14. The molecule has 4 nitrogen and oxygen atoms in total. The molecule has 2 rings (SSSR count). The lowest BCUT2D eigenvalue weighted by Gasteiger charge is -2.24. The first-order chi connectivity index (χ1) is 7.16. The summed E-state index contributed by atoms with van der Waals surface area (Å²) in [6.45, 7) is 3.05. The van der Waals surface area contributed by atoms with Gasteiger partial charge in [0.1, 0.15) is 0 Å². The van der Waals surface area contributed by atoms with E-state index in [0.29, 0.717) is 23.5 Å². The van der Waals surface area contributed by atoms with Crippen LogP contribution in [-0.2, 0) is 9.84 Å². The average molecular weight is 232 g/mol. The zero-order valence-electron chi connectivity index (χ0n) is 9.04. The Labute approximate surface area is 91.7 Å².